The number of nitriles is 1. The van der Waals surface area contributed by atoms with E-state index in [1.165, 1.54) is 18.3 Å². The highest BCUT2D eigenvalue weighted by Gasteiger charge is 2.11. The van der Waals surface area contributed by atoms with E-state index in [1.54, 1.807) is 24.3 Å². The van der Waals surface area contributed by atoms with Crippen LogP contribution in [0.2, 0.25) is 0 Å². The summed E-state index contributed by atoms with van der Waals surface area (Å²) in [5.41, 5.74) is 1.69. The fourth-order valence-corrected chi connectivity index (χ4v) is 1.68. The number of benzene rings is 1. The number of pyridine rings is 1. The predicted molar refractivity (Wildman–Crippen MR) is 67.6 cm³/mol. The van der Waals surface area contributed by atoms with Crippen molar-refractivity contribution in [2.75, 3.05) is 0 Å². The van der Waals surface area contributed by atoms with E-state index in [1.807, 2.05) is 6.07 Å². The van der Waals surface area contributed by atoms with Gasteiger partial charge in [0.25, 0.3) is 0 Å². The van der Waals surface area contributed by atoms with Crippen LogP contribution in [0.5, 0.6) is 0 Å². The van der Waals surface area contributed by atoms with Gasteiger partial charge in [0.2, 0.25) is 17.7 Å². The van der Waals surface area contributed by atoms with Crippen molar-refractivity contribution in [3.05, 3.63) is 54.1 Å². The Hall–Kier alpha value is -3.07. The Morgan fingerprint density at radius 2 is 1.85 bits per heavy atom. The molecule has 20 heavy (non-hydrogen) atoms. The topological polar surface area (TPSA) is 75.6 Å². The lowest BCUT2D eigenvalue weighted by Gasteiger charge is -1.95. The van der Waals surface area contributed by atoms with Crippen LogP contribution in [0.1, 0.15) is 5.56 Å². The monoisotopic (exact) mass is 266 g/mol. The van der Waals surface area contributed by atoms with E-state index < -0.39 is 5.95 Å². The molecule has 3 aromatic rings. The van der Waals surface area contributed by atoms with Crippen LogP contribution in [0.15, 0.2) is 47.0 Å². The number of nitrogens with zero attached hydrogens (tertiary/aromatic N) is 4. The van der Waals surface area contributed by atoms with Crippen molar-refractivity contribution >= 4 is 0 Å². The minimum atomic E-state index is -0.574. The summed E-state index contributed by atoms with van der Waals surface area (Å²) < 4.78 is 18.2. The second-order valence-electron chi connectivity index (χ2n) is 3.97. The van der Waals surface area contributed by atoms with Gasteiger partial charge in [-0.05, 0) is 30.3 Å². The third-order valence-electron chi connectivity index (χ3n) is 2.64. The Kier molecular flexibility index (Phi) is 2.94. The molecule has 0 radical (unpaired) electrons. The first-order chi connectivity index (χ1) is 9.76. The number of hydrogen-bond acceptors (Lipinski definition) is 5. The molecule has 0 saturated heterocycles. The first kappa shape index (κ1) is 12.0. The molecule has 0 N–H and O–H groups in total. The van der Waals surface area contributed by atoms with E-state index in [2.05, 4.69) is 15.2 Å². The SMILES string of the molecule is N#Cc1cccc(-c2nnc(-c3ccc(F)nc3)o2)c1. The molecule has 0 aliphatic carbocycles. The maximum atomic E-state index is 12.7. The van der Waals surface area contributed by atoms with Crippen molar-refractivity contribution in [2.24, 2.45) is 0 Å². The first-order valence-electron chi connectivity index (χ1n) is 5.72. The molecule has 96 valence electrons. The minimum Gasteiger partial charge on any atom is -0.416 e. The van der Waals surface area contributed by atoms with Crippen molar-refractivity contribution in [1.82, 2.24) is 15.2 Å². The number of halogens is 1. The maximum absolute atomic E-state index is 12.7. The molecule has 6 heteroatoms. The van der Waals surface area contributed by atoms with Gasteiger partial charge in [0.05, 0.1) is 17.2 Å². The summed E-state index contributed by atoms with van der Waals surface area (Å²) in [6.07, 6.45) is 1.32. The summed E-state index contributed by atoms with van der Waals surface area (Å²) in [5, 5.41) is 16.7. The molecule has 0 fully saturated rings. The Balaban J connectivity index is 1.97. The molecular weight excluding hydrogens is 259 g/mol. The molecule has 1 aromatic carbocycles. The van der Waals surface area contributed by atoms with E-state index in [0.717, 1.165) is 0 Å². The van der Waals surface area contributed by atoms with Crippen LogP contribution in [-0.2, 0) is 0 Å². The molecule has 0 amide bonds. The fourth-order valence-electron chi connectivity index (χ4n) is 1.68. The molecule has 0 bridgehead atoms. The van der Waals surface area contributed by atoms with E-state index in [9.17, 15) is 4.39 Å². The number of aromatic nitrogens is 3. The quantitative estimate of drug-likeness (QED) is 0.666. The third kappa shape index (κ3) is 2.24. The Labute approximate surface area is 113 Å². The zero-order chi connectivity index (χ0) is 13.9. The van der Waals surface area contributed by atoms with Crippen molar-refractivity contribution < 1.29 is 8.81 Å². The molecule has 0 aliphatic heterocycles. The zero-order valence-corrected chi connectivity index (χ0v) is 10.1. The van der Waals surface area contributed by atoms with Gasteiger partial charge in [-0.15, -0.1) is 10.2 Å². The van der Waals surface area contributed by atoms with Crippen LogP contribution in [0.3, 0.4) is 0 Å². The molecule has 0 aliphatic rings. The summed E-state index contributed by atoms with van der Waals surface area (Å²) in [6.45, 7) is 0. The van der Waals surface area contributed by atoms with Gasteiger partial charge in [0.15, 0.2) is 0 Å². The van der Waals surface area contributed by atoms with E-state index in [-0.39, 0.29) is 5.89 Å². The zero-order valence-electron chi connectivity index (χ0n) is 10.1. The normalized spacial score (nSPS) is 10.2. The third-order valence-corrected chi connectivity index (χ3v) is 2.64. The Morgan fingerprint density at radius 1 is 1.05 bits per heavy atom. The molecule has 2 heterocycles. The standard InChI is InChI=1S/C14H7FN4O/c15-12-5-4-11(8-17-12)14-19-18-13(20-14)10-3-1-2-9(6-10)7-16/h1-6,8H. The molecular formula is C14H7FN4O. The van der Waals surface area contributed by atoms with Crippen LogP contribution in [-0.4, -0.2) is 15.2 Å². The van der Waals surface area contributed by atoms with Crippen molar-refractivity contribution in [2.45, 2.75) is 0 Å². The lowest BCUT2D eigenvalue weighted by atomic mass is 10.1. The second kappa shape index (κ2) is 4.90. The lowest BCUT2D eigenvalue weighted by Crippen LogP contribution is -1.83. The summed E-state index contributed by atoms with van der Waals surface area (Å²) in [4.78, 5) is 3.53. The van der Waals surface area contributed by atoms with Gasteiger partial charge in [0.1, 0.15) is 0 Å². The maximum Gasteiger partial charge on any atom is 0.249 e. The van der Waals surface area contributed by atoms with Crippen molar-refractivity contribution in [3.63, 3.8) is 0 Å². The highest BCUT2D eigenvalue weighted by atomic mass is 19.1. The Morgan fingerprint density at radius 3 is 2.55 bits per heavy atom. The van der Waals surface area contributed by atoms with Crippen LogP contribution >= 0.6 is 0 Å². The molecule has 3 rings (SSSR count). The van der Waals surface area contributed by atoms with Gasteiger partial charge in [-0.1, -0.05) is 6.07 Å². The van der Waals surface area contributed by atoms with Crippen molar-refractivity contribution in [1.29, 1.82) is 5.26 Å². The molecule has 0 spiro atoms. The number of hydrogen-bond donors (Lipinski definition) is 0. The molecule has 0 unspecified atom stereocenters. The minimum absolute atomic E-state index is 0.245. The average Bonchev–Trinajstić information content (AvgIpc) is 2.98. The van der Waals surface area contributed by atoms with E-state index in [4.69, 9.17) is 9.68 Å². The fraction of sp³-hybridized carbons (Fsp3) is 0. The van der Waals surface area contributed by atoms with Crippen LogP contribution < -0.4 is 0 Å². The first-order valence-corrected chi connectivity index (χ1v) is 5.72. The summed E-state index contributed by atoms with van der Waals surface area (Å²) in [6, 6.07) is 11.6. The largest absolute Gasteiger partial charge is 0.416 e. The van der Waals surface area contributed by atoms with Gasteiger partial charge in [-0.3, -0.25) is 0 Å². The second-order valence-corrected chi connectivity index (χ2v) is 3.97. The van der Waals surface area contributed by atoms with Crippen LogP contribution in [0.25, 0.3) is 22.9 Å². The van der Waals surface area contributed by atoms with Gasteiger partial charge < -0.3 is 4.42 Å². The van der Waals surface area contributed by atoms with Gasteiger partial charge >= 0.3 is 0 Å². The molecule has 0 atom stereocenters. The highest BCUT2D eigenvalue weighted by molar-refractivity contribution is 5.58. The van der Waals surface area contributed by atoms with Crippen LogP contribution in [0, 0.1) is 17.3 Å². The van der Waals surface area contributed by atoms with Gasteiger partial charge in [0, 0.05) is 11.8 Å². The van der Waals surface area contributed by atoms with E-state index in [0.29, 0.717) is 22.6 Å². The van der Waals surface area contributed by atoms with Gasteiger partial charge in [-0.25, -0.2) is 4.98 Å². The van der Waals surface area contributed by atoms with Gasteiger partial charge in [-0.2, -0.15) is 9.65 Å². The van der Waals surface area contributed by atoms with Crippen LogP contribution in [0.4, 0.5) is 4.39 Å². The predicted octanol–water partition coefficient (Wildman–Crippen LogP) is 2.81. The summed E-state index contributed by atoms with van der Waals surface area (Å²) >= 11 is 0. The lowest BCUT2D eigenvalue weighted by molar-refractivity contribution is 0.575. The molecule has 0 saturated carbocycles. The smallest absolute Gasteiger partial charge is 0.249 e. The summed E-state index contributed by atoms with van der Waals surface area (Å²) in [7, 11) is 0. The summed E-state index contributed by atoms with van der Waals surface area (Å²) in [5.74, 6) is -0.0357. The molecule has 5 nitrogen and oxygen atoms in total. The van der Waals surface area contributed by atoms with E-state index >= 15 is 0 Å². The molecule has 2 aromatic heterocycles. The van der Waals surface area contributed by atoms with Crippen molar-refractivity contribution in [3.8, 4) is 29.0 Å². The Bertz CT molecular complexity index is 789. The number of rotatable bonds is 2. The highest BCUT2D eigenvalue weighted by Crippen LogP contribution is 2.23. The average molecular weight is 266 g/mol.